The molecule has 0 saturated heterocycles. The van der Waals surface area contributed by atoms with Gasteiger partial charge in [0.25, 0.3) is 0 Å². The standard InChI is InChI=1S/C15H18N2S/c1-4-6-14-16-13(9-15(18)17-14)12-8-5-7-10(2)11(12)3/h5,7-9H,4,6H2,1-3H3,(H,16,17,18). The minimum Gasteiger partial charge on any atom is -0.343 e. The Morgan fingerprint density at radius 1 is 1.28 bits per heavy atom. The first kappa shape index (κ1) is 13.0. The third-order valence-corrected chi connectivity index (χ3v) is 3.38. The van der Waals surface area contributed by atoms with E-state index in [0.29, 0.717) is 4.64 Å². The first-order valence-electron chi connectivity index (χ1n) is 6.28. The molecule has 0 aliphatic heterocycles. The first-order chi connectivity index (χ1) is 8.61. The maximum atomic E-state index is 5.25. The molecule has 1 N–H and O–H groups in total. The Labute approximate surface area is 113 Å². The maximum Gasteiger partial charge on any atom is 0.130 e. The molecule has 1 aromatic heterocycles. The van der Waals surface area contributed by atoms with Gasteiger partial charge in [0.15, 0.2) is 0 Å². The molecule has 2 rings (SSSR count). The second-order valence-corrected chi connectivity index (χ2v) is 5.00. The summed E-state index contributed by atoms with van der Waals surface area (Å²) < 4.78 is 0.660. The van der Waals surface area contributed by atoms with Crippen LogP contribution in [0.4, 0.5) is 0 Å². The summed E-state index contributed by atoms with van der Waals surface area (Å²) in [7, 11) is 0. The van der Waals surface area contributed by atoms with E-state index in [9.17, 15) is 0 Å². The fraction of sp³-hybridized carbons (Fsp3) is 0.333. The number of benzene rings is 1. The Kier molecular flexibility index (Phi) is 3.92. The molecule has 2 nitrogen and oxygen atoms in total. The van der Waals surface area contributed by atoms with Crippen LogP contribution in [0, 0.1) is 18.5 Å². The van der Waals surface area contributed by atoms with Crippen LogP contribution in [0.25, 0.3) is 11.3 Å². The molecule has 2 aromatic rings. The molecule has 0 bridgehead atoms. The van der Waals surface area contributed by atoms with Crippen molar-refractivity contribution in [1.82, 2.24) is 9.97 Å². The van der Waals surface area contributed by atoms with E-state index in [4.69, 9.17) is 12.2 Å². The molecule has 0 unspecified atom stereocenters. The monoisotopic (exact) mass is 258 g/mol. The quantitative estimate of drug-likeness (QED) is 0.828. The lowest BCUT2D eigenvalue weighted by molar-refractivity contribution is 0.833. The largest absolute Gasteiger partial charge is 0.343 e. The van der Waals surface area contributed by atoms with Crippen molar-refractivity contribution in [2.24, 2.45) is 0 Å². The average Bonchev–Trinajstić information content (AvgIpc) is 2.32. The Hall–Kier alpha value is -1.48. The van der Waals surface area contributed by atoms with Crippen molar-refractivity contribution in [2.45, 2.75) is 33.6 Å². The number of nitrogens with zero attached hydrogens (tertiary/aromatic N) is 1. The molecule has 0 radical (unpaired) electrons. The van der Waals surface area contributed by atoms with E-state index in [1.807, 2.05) is 6.07 Å². The van der Waals surface area contributed by atoms with Gasteiger partial charge in [-0.1, -0.05) is 37.3 Å². The van der Waals surface area contributed by atoms with Gasteiger partial charge in [-0.15, -0.1) is 0 Å². The molecule has 0 aliphatic rings. The molecule has 18 heavy (non-hydrogen) atoms. The molecule has 0 amide bonds. The number of hydrogen-bond donors (Lipinski definition) is 1. The zero-order chi connectivity index (χ0) is 13.1. The normalized spacial score (nSPS) is 10.6. The van der Waals surface area contributed by atoms with Crippen LogP contribution < -0.4 is 0 Å². The van der Waals surface area contributed by atoms with Crippen molar-refractivity contribution < 1.29 is 0 Å². The van der Waals surface area contributed by atoms with Gasteiger partial charge in [-0.05, 0) is 37.5 Å². The Morgan fingerprint density at radius 3 is 2.78 bits per heavy atom. The second kappa shape index (κ2) is 5.44. The minimum absolute atomic E-state index is 0.660. The average molecular weight is 258 g/mol. The zero-order valence-electron chi connectivity index (χ0n) is 11.1. The summed E-state index contributed by atoms with van der Waals surface area (Å²) in [5.74, 6) is 0.973. The molecular weight excluding hydrogens is 240 g/mol. The summed E-state index contributed by atoms with van der Waals surface area (Å²) in [6, 6.07) is 8.27. The molecule has 0 saturated carbocycles. The van der Waals surface area contributed by atoms with E-state index in [1.165, 1.54) is 16.7 Å². The van der Waals surface area contributed by atoms with Crippen molar-refractivity contribution in [3.8, 4) is 11.3 Å². The summed E-state index contributed by atoms with van der Waals surface area (Å²) in [5.41, 5.74) is 4.86. The highest BCUT2D eigenvalue weighted by Crippen LogP contribution is 2.23. The lowest BCUT2D eigenvalue weighted by Crippen LogP contribution is -1.98. The molecule has 1 heterocycles. The third kappa shape index (κ3) is 2.67. The number of H-pyrrole nitrogens is 1. The third-order valence-electron chi connectivity index (χ3n) is 3.17. The van der Waals surface area contributed by atoms with Gasteiger partial charge in [-0.25, -0.2) is 4.98 Å². The molecule has 0 atom stereocenters. The Bertz CT molecular complexity index is 614. The van der Waals surface area contributed by atoms with E-state index in [0.717, 1.165) is 24.4 Å². The van der Waals surface area contributed by atoms with Gasteiger partial charge in [0.05, 0.1) is 0 Å². The Balaban J connectivity index is 2.56. The highest BCUT2D eigenvalue weighted by atomic mass is 32.1. The van der Waals surface area contributed by atoms with Crippen LogP contribution in [0.15, 0.2) is 24.3 Å². The summed E-state index contributed by atoms with van der Waals surface area (Å²) in [6.07, 6.45) is 2.00. The Morgan fingerprint density at radius 2 is 2.06 bits per heavy atom. The predicted molar refractivity (Wildman–Crippen MR) is 78.3 cm³/mol. The molecular formula is C15H18N2S. The second-order valence-electron chi connectivity index (χ2n) is 4.58. The first-order valence-corrected chi connectivity index (χ1v) is 6.69. The topological polar surface area (TPSA) is 28.7 Å². The van der Waals surface area contributed by atoms with Crippen LogP contribution in [-0.4, -0.2) is 9.97 Å². The van der Waals surface area contributed by atoms with Crippen molar-refractivity contribution >= 4 is 12.2 Å². The van der Waals surface area contributed by atoms with Gasteiger partial charge in [0, 0.05) is 17.7 Å². The van der Waals surface area contributed by atoms with Crippen molar-refractivity contribution in [1.29, 1.82) is 0 Å². The van der Waals surface area contributed by atoms with E-state index < -0.39 is 0 Å². The fourth-order valence-electron chi connectivity index (χ4n) is 2.05. The maximum absolute atomic E-state index is 5.25. The highest BCUT2D eigenvalue weighted by molar-refractivity contribution is 7.71. The van der Waals surface area contributed by atoms with E-state index in [1.54, 1.807) is 0 Å². The fourth-order valence-corrected chi connectivity index (χ4v) is 2.28. The zero-order valence-corrected chi connectivity index (χ0v) is 11.9. The van der Waals surface area contributed by atoms with Crippen LogP contribution in [0.5, 0.6) is 0 Å². The smallest absolute Gasteiger partial charge is 0.130 e. The van der Waals surface area contributed by atoms with Gasteiger partial charge < -0.3 is 4.98 Å². The van der Waals surface area contributed by atoms with Gasteiger partial charge in [0.2, 0.25) is 0 Å². The van der Waals surface area contributed by atoms with E-state index in [2.05, 4.69) is 48.9 Å². The number of rotatable bonds is 3. The van der Waals surface area contributed by atoms with Crippen LogP contribution in [-0.2, 0) is 6.42 Å². The van der Waals surface area contributed by atoms with Crippen LogP contribution >= 0.6 is 12.2 Å². The molecule has 0 fully saturated rings. The summed E-state index contributed by atoms with van der Waals surface area (Å²) in [6.45, 7) is 6.41. The van der Waals surface area contributed by atoms with Crippen molar-refractivity contribution in [2.75, 3.05) is 0 Å². The van der Waals surface area contributed by atoms with Gasteiger partial charge in [0.1, 0.15) is 10.5 Å². The van der Waals surface area contributed by atoms with Gasteiger partial charge >= 0.3 is 0 Å². The van der Waals surface area contributed by atoms with E-state index in [-0.39, 0.29) is 0 Å². The molecule has 0 spiro atoms. The lowest BCUT2D eigenvalue weighted by Gasteiger charge is -2.10. The summed E-state index contributed by atoms with van der Waals surface area (Å²) in [4.78, 5) is 7.75. The minimum atomic E-state index is 0.660. The van der Waals surface area contributed by atoms with Crippen LogP contribution in [0.1, 0.15) is 30.3 Å². The number of aromatic amines is 1. The van der Waals surface area contributed by atoms with Crippen LogP contribution in [0.2, 0.25) is 0 Å². The highest BCUT2D eigenvalue weighted by Gasteiger charge is 2.06. The summed E-state index contributed by atoms with van der Waals surface area (Å²) >= 11 is 5.25. The number of nitrogens with one attached hydrogen (secondary N) is 1. The van der Waals surface area contributed by atoms with Crippen molar-refractivity contribution in [3.05, 3.63) is 45.9 Å². The van der Waals surface area contributed by atoms with Crippen molar-refractivity contribution in [3.63, 3.8) is 0 Å². The SMILES string of the molecule is CCCc1nc(=S)cc(-c2cccc(C)c2C)[nH]1. The molecule has 1 aromatic carbocycles. The number of aryl methyl sites for hydroxylation is 2. The predicted octanol–water partition coefficient (Wildman–Crippen LogP) is 4.38. The van der Waals surface area contributed by atoms with Crippen LogP contribution in [0.3, 0.4) is 0 Å². The molecule has 94 valence electrons. The molecule has 0 aliphatic carbocycles. The summed E-state index contributed by atoms with van der Waals surface area (Å²) in [5, 5.41) is 0. The number of hydrogen-bond acceptors (Lipinski definition) is 2. The van der Waals surface area contributed by atoms with Gasteiger partial charge in [-0.2, -0.15) is 0 Å². The number of aromatic nitrogens is 2. The molecule has 3 heteroatoms. The van der Waals surface area contributed by atoms with E-state index >= 15 is 0 Å². The lowest BCUT2D eigenvalue weighted by atomic mass is 10.0. The van der Waals surface area contributed by atoms with Gasteiger partial charge in [-0.3, -0.25) is 0 Å².